The molecule has 102 valence electrons. The van der Waals surface area contributed by atoms with Crippen molar-refractivity contribution in [1.29, 1.82) is 0 Å². The van der Waals surface area contributed by atoms with E-state index in [0.29, 0.717) is 0 Å². The molecule has 2 rings (SSSR count). The van der Waals surface area contributed by atoms with Gasteiger partial charge in [-0.3, -0.25) is 9.59 Å². The molecule has 1 heterocycles. The molecule has 19 heavy (non-hydrogen) atoms. The summed E-state index contributed by atoms with van der Waals surface area (Å²) < 4.78 is 26.3. The van der Waals surface area contributed by atoms with Crippen LogP contribution in [0.1, 0.15) is 23.2 Å². The minimum Gasteiger partial charge on any atom is -0.352 e. The van der Waals surface area contributed by atoms with Crippen molar-refractivity contribution < 1.29 is 18.4 Å². The number of pyridine rings is 1. The average molecular weight is 269 g/mol. The zero-order valence-electron chi connectivity index (χ0n) is 10.3. The van der Waals surface area contributed by atoms with Gasteiger partial charge in [-0.2, -0.15) is 4.39 Å². The van der Waals surface area contributed by atoms with Gasteiger partial charge in [0.15, 0.2) is 5.82 Å². The summed E-state index contributed by atoms with van der Waals surface area (Å²) in [4.78, 5) is 27.5. The molecule has 0 atom stereocenters. The molecule has 0 aromatic carbocycles. The van der Waals surface area contributed by atoms with E-state index >= 15 is 0 Å². The topological polar surface area (TPSA) is 62.3 Å². The SMILES string of the molecule is CN(CC(=O)NC1CC1)C(=O)c1ccnc(F)c1F. The zero-order chi connectivity index (χ0) is 14.0. The molecule has 1 fully saturated rings. The van der Waals surface area contributed by atoms with Crippen molar-refractivity contribution in [3.8, 4) is 0 Å². The van der Waals surface area contributed by atoms with Crippen LogP contribution in [0.3, 0.4) is 0 Å². The Labute approximate surface area is 108 Å². The number of likely N-dealkylation sites (N-methyl/N-ethyl adjacent to an activating group) is 1. The van der Waals surface area contributed by atoms with Gasteiger partial charge in [0, 0.05) is 19.3 Å². The van der Waals surface area contributed by atoms with Crippen LogP contribution >= 0.6 is 0 Å². The van der Waals surface area contributed by atoms with Crippen LogP contribution in [-0.2, 0) is 4.79 Å². The summed E-state index contributed by atoms with van der Waals surface area (Å²) in [6.07, 6.45) is 2.88. The second-order valence-corrected chi connectivity index (χ2v) is 4.47. The Morgan fingerprint density at radius 3 is 2.79 bits per heavy atom. The van der Waals surface area contributed by atoms with Crippen LogP contribution in [0.5, 0.6) is 0 Å². The lowest BCUT2D eigenvalue weighted by atomic mass is 10.2. The number of hydrogen-bond donors (Lipinski definition) is 1. The molecule has 1 aliphatic rings. The fraction of sp³-hybridized carbons (Fsp3) is 0.417. The lowest BCUT2D eigenvalue weighted by molar-refractivity contribution is -0.121. The van der Waals surface area contributed by atoms with E-state index in [1.54, 1.807) is 0 Å². The third kappa shape index (κ3) is 3.24. The number of hydrogen-bond acceptors (Lipinski definition) is 3. The lowest BCUT2D eigenvalue weighted by Crippen LogP contribution is -2.39. The highest BCUT2D eigenvalue weighted by molar-refractivity contribution is 5.96. The summed E-state index contributed by atoms with van der Waals surface area (Å²) in [6, 6.07) is 1.27. The Hall–Kier alpha value is -2.05. The van der Waals surface area contributed by atoms with Crippen molar-refractivity contribution in [3.05, 3.63) is 29.6 Å². The van der Waals surface area contributed by atoms with Gasteiger partial charge in [-0.1, -0.05) is 0 Å². The molecule has 1 saturated carbocycles. The molecule has 1 N–H and O–H groups in total. The highest BCUT2D eigenvalue weighted by Crippen LogP contribution is 2.18. The third-order valence-corrected chi connectivity index (χ3v) is 2.75. The number of rotatable bonds is 4. The van der Waals surface area contributed by atoms with Gasteiger partial charge in [0.2, 0.25) is 11.9 Å². The molecule has 0 unspecified atom stereocenters. The van der Waals surface area contributed by atoms with E-state index in [0.717, 1.165) is 30.0 Å². The normalized spacial score (nSPS) is 14.1. The molecule has 7 heteroatoms. The molecule has 5 nitrogen and oxygen atoms in total. The highest BCUT2D eigenvalue weighted by Gasteiger charge is 2.25. The maximum atomic E-state index is 13.4. The Bertz CT molecular complexity index is 518. The predicted octanol–water partition coefficient (Wildman–Crippen LogP) is 0.710. The van der Waals surface area contributed by atoms with Crippen LogP contribution in [0.25, 0.3) is 0 Å². The third-order valence-electron chi connectivity index (χ3n) is 2.75. The molecule has 2 amide bonds. The van der Waals surface area contributed by atoms with Crippen molar-refractivity contribution >= 4 is 11.8 Å². The Morgan fingerprint density at radius 2 is 2.16 bits per heavy atom. The Morgan fingerprint density at radius 1 is 1.47 bits per heavy atom. The molecule has 0 bridgehead atoms. The number of carbonyl (C=O) groups excluding carboxylic acids is 2. The first kappa shape index (κ1) is 13.4. The van der Waals surface area contributed by atoms with E-state index in [9.17, 15) is 18.4 Å². The Balaban J connectivity index is 2.01. The van der Waals surface area contributed by atoms with Crippen LogP contribution < -0.4 is 5.32 Å². The van der Waals surface area contributed by atoms with Crippen molar-refractivity contribution in [2.24, 2.45) is 0 Å². The van der Waals surface area contributed by atoms with Gasteiger partial charge in [0.25, 0.3) is 5.91 Å². The molecule has 0 spiro atoms. The fourth-order valence-corrected chi connectivity index (χ4v) is 1.58. The van der Waals surface area contributed by atoms with Gasteiger partial charge in [0.05, 0.1) is 12.1 Å². The van der Waals surface area contributed by atoms with Gasteiger partial charge in [-0.05, 0) is 18.9 Å². The second kappa shape index (κ2) is 5.29. The van der Waals surface area contributed by atoms with Crippen molar-refractivity contribution in [1.82, 2.24) is 15.2 Å². The van der Waals surface area contributed by atoms with E-state index in [4.69, 9.17) is 0 Å². The first-order valence-corrected chi connectivity index (χ1v) is 5.84. The minimum absolute atomic E-state index is 0.186. The molecule has 1 aliphatic carbocycles. The van der Waals surface area contributed by atoms with E-state index < -0.39 is 23.2 Å². The lowest BCUT2D eigenvalue weighted by Gasteiger charge is -2.17. The molecule has 1 aromatic heterocycles. The number of halogens is 2. The average Bonchev–Trinajstić information content (AvgIpc) is 3.15. The van der Waals surface area contributed by atoms with Crippen LogP contribution in [0.4, 0.5) is 8.78 Å². The van der Waals surface area contributed by atoms with Crippen LogP contribution in [0.2, 0.25) is 0 Å². The predicted molar refractivity (Wildman–Crippen MR) is 62.3 cm³/mol. The van der Waals surface area contributed by atoms with Gasteiger partial charge < -0.3 is 10.2 Å². The summed E-state index contributed by atoms with van der Waals surface area (Å²) >= 11 is 0. The van der Waals surface area contributed by atoms with Crippen molar-refractivity contribution in [2.75, 3.05) is 13.6 Å². The fourth-order valence-electron chi connectivity index (χ4n) is 1.58. The maximum absolute atomic E-state index is 13.4. The van der Waals surface area contributed by atoms with Crippen LogP contribution in [0, 0.1) is 11.8 Å². The van der Waals surface area contributed by atoms with Crippen molar-refractivity contribution in [2.45, 2.75) is 18.9 Å². The smallest absolute Gasteiger partial charge is 0.257 e. The summed E-state index contributed by atoms with van der Waals surface area (Å²) in [5.41, 5.74) is -0.436. The van der Waals surface area contributed by atoms with Gasteiger partial charge in [-0.15, -0.1) is 0 Å². The molecule has 1 aromatic rings. The minimum atomic E-state index is -1.33. The highest BCUT2D eigenvalue weighted by atomic mass is 19.2. The number of nitrogens with zero attached hydrogens (tertiary/aromatic N) is 2. The summed E-state index contributed by atoms with van der Waals surface area (Å²) in [7, 11) is 1.35. The largest absolute Gasteiger partial charge is 0.352 e. The van der Waals surface area contributed by atoms with Gasteiger partial charge >= 0.3 is 0 Å². The van der Waals surface area contributed by atoms with Crippen LogP contribution in [0.15, 0.2) is 12.3 Å². The molecule has 0 aliphatic heterocycles. The summed E-state index contributed by atoms with van der Waals surface area (Å²) in [5.74, 6) is -3.71. The maximum Gasteiger partial charge on any atom is 0.257 e. The number of carbonyl (C=O) groups is 2. The van der Waals surface area contributed by atoms with E-state index in [1.165, 1.54) is 7.05 Å². The van der Waals surface area contributed by atoms with E-state index in [1.807, 2.05) is 0 Å². The van der Waals surface area contributed by atoms with Crippen molar-refractivity contribution in [3.63, 3.8) is 0 Å². The molecule has 0 radical (unpaired) electrons. The number of amides is 2. The molecular weight excluding hydrogens is 256 g/mol. The quantitative estimate of drug-likeness (QED) is 0.819. The Kier molecular flexibility index (Phi) is 3.73. The van der Waals surface area contributed by atoms with E-state index in [2.05, 4.69) is 10.3 Å². The first-order valence-electron chi connectivity index (χ1n) is 5.84. The summed E-state index contributed by atoms with van der Waals surface area (Å²) in [5, 5.41) is 2.70. The molecular formula is C12H13F2N3O2. The first-order chi connectivity index (χ1) is 8.99. The second-order valence-electron chi connectivity index (χ2n) is 4.47. The molecule has 0 saturated heterocycles. The summed E-state index contributed by atoms with van der Waals surface area (Å²) in [6.45, 7) is -0.196. The monoisotopic (exact) mass is 269 g/mol. The standard InChI is InChI=1S/C12H13F2N3O2/c1-17(6-9(18)16-7-2-3-7)12(19)8-4-5-15-11(14)10(8)13/h4-5,7H,2-3,6H2,1H3,(H,16,18). The van der Waals surface area contributed by atoms with Crippen LogP contribution in [-0.4, -0.2) is 41.3 Å². The van der Waals surface area contributed by atoms with Gasteiger partial charge in [0.1, 0.15) is 0 Å². The van der Waals surface area contributed by atoms with Gasteiger partial charge in [-0.25, -0.2) is 9.37 Å². The number of aromatic nitrogens is 1. The zero-order valence-corrected chi connectivity index (χ0v) is 10.3. The number of nitrogens with one attached hydrogen (secondary N) is 1. The van der Waals surface area contributed by atoms with E-state index in [-0.39, 0.29) is 18.5 Å².